The molecule has 1 aromatic carbocycles. The van der Waals surface area contributed by atoms with Crippen molar-refractivity contribution in [3.8, 4) is 0 Å². The molecule has 1 aromatic rings. The highest BCUT2D eigenvalue weighted by atomic mass is 32.2. The van der Waals surface area contributed by atoms with Gasteiger partial charge >= 0.3 is 11.9 Å². The molecule has 0 aliphatic rings. The number of carbonyl (C=O) groups excluding carboxylic acids is 5. The molecule has 0 radical (unpaired) electrons. The van der Waals surface area contributed by atoms with Gasteiger partial charge in [-0.1, -0.05) is 30.3 Å². The number of aliphatic hydroxyl groups excluding tert-OH is 1. The van der Waals surface area contributed by atoms with E-state index in [1.807, 2.05) is 0 Å². The van der Waals surface area contributed by atoms with Crippen LogP contribution < -0.4 is 32.7 Å². The molecule has 0 aliphatic heterocycles. The van der Waals surface area contributed by atoms with E-state index in [-0.39, 0.29) is 12.8 Å². The Kier molecular flexibility index (Phi) is 15.6. The number of primary amides is 1. The van der Waals surface area contributed by atoms with Gasteiger partial charge in [0, 0.05) is 6.42 Å². The van der Waals surface area contributed by atoms with Crippen molar-refractivity contribution in [1.29, 1.82) is 0 Å². The Balaban J connectivity index is 3.18. The fraction of sp³-hybridized carbons (Fsp3) is 0.480. The number of hydrogen-bond acceptors (Lipinski definition) is 10. The van der Waals surface area contributed by atoms with Crippen molar-refractivity contribution in [2.75, 3.05) is 18.6 Å². The number of amides is 5. The Morgan fingerprint density at radius 1 is 0.786 bits per heavy atom. The Morgan fingerprint density at radius 2 is 1.31 bits per heavy atom. The van der Waals surface area contributed by atoms with Gasteiger partial charge in [0.15, 0.2) is 0 Å². The quantitative estimate of drug-likeness (QED) is 0.0742. The zero-order valence-electron chi connectivity index (χ0n) is 22.8. The zero-order chi connectivity index (χ0) is 31.8. The van der Waals surface area contributed by atoms with Crippen molar-refractivity contribution in [3.05, 3.63) is 35.9 Å². The third-order valence-corrected chi connectivity index (χ3v) is 6.37. The highest BCUT2D eigenvalue weighted by Gasteiger charge is 2.33. The van der Waals surface area contributed by atoms with Crippen molar-refractivity contribution >= 4 is 53.2 Å². The van der Waals surface area contributed by atoms with E-state index in [4.69, 9.17) is 16.6 Å². The second-order valence-electron chi connectivity index (χ2n) is 9.11. The summed E-state index contributed by atoms with van der Waals surface area (Å²) in [6, 6.07) is 1.07. The number of carboxylic acids is 2. The molecule has 5 amide bonds. The number of nitrogens with one attached hydrogen (secondary N) is 4. The summed E-state index contributed by atoms with van der Waals surface area (Å²) in [6.45, 7) is -0.701. The van der Waals surface area contributed by atoms with E-state index in [1.165, 1.54) is 11.8 Å². The molecule has 0 unspecified atom stereocenters. The fourth-order valence-corrected chi connectivity index (χ4v) is 4.00. The van der Waals surface area contributed by atoms with Gasteiger partial charge in [-0.3, -0.25) is 28.8 Å². The molecule has 17 heteroatoms. The summed E-state index contributed by atoms with van der Waals surface area (Å²) in [4.78, 5) is 85.7. The minimum absolute atomic E-state index is 0.0128. The number of rotatable bonds is 19. The first kappa shape index (κ1) is 35.8. The molecule has 16 nitrogen and oxygen atoms in total. The lowest BCUT2D eigenvalue weighted by atomic mass is 10.0. The average molecular weight is 613 g/mol. The van der Waals surface area contributed by atoms with Crippen molar-refractivity contribution in [1.82, 2.24) is 21.3 Å². The van der Waals surface area contributed by atoms with Crippen LogP contribution in [-0.2, 0) is 40.0 Å². The van der Waals surface area contributed by atoms with Crippen molar-refractivity contribution in [2.45, 2.75) is 55.9 Å². The summed E-state index contributed by atoms with van der Waals surface area (Å²) >= 11 is 1.30. The first-order valence-electron chi connectivity index (χ1n) is 12.6. The van der Waals surface area contributed by atoms with Crippen LogP contribution in [0.3, 0.4) is 0 Å². The van der Waals surface area contributed by atoms with E-state index in [0.29, 0.717) is 11.3 Å². The van der Waals surface area contributed by atoms with E-state index in [0.717, 1.165) is 0 Å². The fourth-order valence-electron chi connectivity index (χ4n) is 3.53. The first-order valence-corrected chi connectivity index (χ1v) is 14.0. The molecule has 0 fully saturated rings. The number of thioether (sulfide) groups is 1. The molecule has 0 saturated heterocycles. The van der Waals surface area contributed by atoms with Crippen LogP contribution in [0.5, 0.6) is 0 Å². The normalized spacial score (nSPS) is 14.3. The highest BCUT2D eigenvalue weighted by molar-refractivity contribution is 7.98. The summed E-state index contributed by atoms with van der Waals surface area (Å²) in [6.07, 6.45) is 0.0230. The molecule has 11 N–H and O–H groups in total. The van der Waals surface area contributed by atoms with Gasteiger partial charge in [0.1, 0.15) is 30.2 Å². The zero-order valence-corrected chi connectivity index (χ0v) is 23.6. The molecule has 42 heavy (non-hydrogen) atoms. The van der Waals surface area contributed by atoms with Gasteiger partial charge in [-0.05, 0) is 24.0 Å². The second-order valence-corrected chi connectivity index (χ2v) is 10.1. The molecule has 1 rings (SSSR count). The predicted octanol–water partition coefficient (Wildman–Crippen LogP) is -3.32. The number of hydrogen-bond donors (Lipinski definition) is 9. The molecule has 0 spiro atoms. The van der Waals surface area contributed by atoms with Crippen LogP contribution in [0, 0.1) is 0 Å². The smallest absolute Gasteiger partial charge is 0.326 e. The second kappa shape index (κ2) is 18.3. The van der Waals surface area contributed by atoms with Crippen LogP contribution in [0.15, 0.2) is 30.3 Å². The van der Waals surface area contributed by atoms with Gasteiger partial charge in [0.05, 0.1) is 19.4 Å². The highest BCUT2D eigenvalue weighted by Crippen LogP contribution is 2.07. The third-order valence-electron chi connectivity index (χ3n) is 5.72. The van der Waals surface area contributed by atoms with Gasteiger partial charge < -0.3 is 48.1 Å². The number of carboxylic acid groups (broad SMARTS) is 2. The largest absolute Gasteiger partial charge is 0.481 e. The molecule has 0 heterocycles. The lowest BCUT2D eigenvalue weighted by Gasteiger charge is -2.26. The molecule has 0 saturated carbocycles. The summed E-state index contributed by atoms with van der Waals surface area (Å²) in [5.74, 6) is -7.53. The van der Waals surface area contributed by atoms with Crippen LogP contribution in [0.4, 0.5) is 0 Å². The molecule has 5 atom stereocenters. The van der Waals surface area contributed by atoms with Crippen molar-refractivity contribution < 1.29 is 48.9 Å². The number of aliphatic hydroxyl groups is 1. The molecular weight excluding hydrogens is 576 g/mol. The molecular formula is C25H36N6O10S. The Labute approximate surface area is 245 Å². The average Bonchev–Trinajstić information content (AvgIpc) is 2.93. The van der Waals surface area contributed by atoms with Crippen molar-refractivity contribution in [3.63, 3.8) is 0 Å². The number of nitrogens with two attached hydrogens (primary N) is 2. The van der Waals surface area contributed by atoms with E-state index in [9.17, 15) is 43.8 Å². The molecule has 0 aliphatic carbocycles. The van der Waals surface area contributed by atoms with E-state index < -0.39 is 91.1 Å². The van der Waals surface area contributed by atoms with Crippen LogP contribution in [0.2, 0.25) is 0 Å². The summed E-state index contributed by atoms with van der Waals surface area (Å²) in [7, 11) is 0. The number of aliphatic carboxylic acids is 2. The van der Waals surface area contributed by atoms with Gasteiger partial charge in [0.25, 0.3) is 0 Å². The molecule has 0 aromatic heterocycles. The van der Waals surface area contributed by atoms with E-state index in [2.05, 4.69) is 21.3 Å². The van der Waals surface area contributed by atoms with Crippen LogP contribution in [0.1, 0.15) is 24.8 Å². The monoisotopic (exact) mass is 612 g/mol. The summed E-state index contributed by atoms with van der Waals surface area (Å²) in [5.41, 5.74) is 11.4. The van der Waals surface area contributed by atoms with Gasteiger partial charge in [-0.2, -0.15) is 11.8 Å². The number of benzene rings is 1. The van der Waals surface area contributed by atoms with E-state index >= 15 is 0 Å². The maximum atomic E-state index is 13.2. The summed E-state index contributed by atoms with van der Waals surface area (Å²) in [5, 5.41) is 36.5. The maximum absolute atomic E-state index is 13.2. The minimum atomic E-state index is -1.78. The maximum Gasteiger partial charge on any atom is 0.326 e. The standard InChI is InChI=1S/C25H36N6O10S/c1-42-8-7-15(22(37)31-18(25(40)41)11-20(34)35)28-24(39)17(10-19(27)33)30-23(38)16(29-21(36)14(26)12-32)9-13-5-3-2-4-6-13/h2-6,14-18,32H,7-12,26H2,1H3,(H2,27,33)(H,28,39)(H,29,36)(H,30,38)(H,31,37)(H,34,35)(H,40,41)/t14-,15-,16-,17-,18-/m0/s1. The molecule has 0 bridgehead atoms. The Morgan fingerprint density at radius 3 is 1.83 bits per heavy atom. The van der Waals surface area contributed by atoms with Gasteiger partial charge in [-0.15, -0.1) is 0 Å². The SMILES string of the molecule is CSCC[C@H](NC(=O)[C@H](CC(N)=O)NC(=O)[C@H](Cc1ccccc1)NC(=O)[C@@H](N)CO)C(=O)N[C@@H](CC(=O)O)C(=O)O. The molecule has 232 valence electrons. The van der Waals surface area contributed by atoms with Crippen LogP contribution in [-0.4, -0.2) is 106 Å². The lowest BCUT2D eigenvalue weighted by molar-refractivity contribution is -0.147. The lowest BCUT2D eigenvalue weighted by Crippen LogP contribution is -2.59. The third kappa shape index (κ3) is 13.0. The number of carbonyl (C=O) groups is 7. The van der Waals surface area contributed by atoms with Crippen LogP contribution in [0.25, 0.3) is 0 Å². The van der Waals surface area contributed by atoms with Gasteiger partial charge in [-0.25, -0.2) is 4.79 Å². The predicted molar refractivity (Wildman–Crippen MR) is 150 cm³/mol. The van der Waals surface area contributed by atoms with Gasteiger partial charge in [0.2, 0.25) is 29.5 Å². The van der Waals surface area contributed by atoms with Crippen LogP contribution >= 0.6 is 11.8 Å². The topological polar surface area (TPSA) is 280 Å². The minimum Gasteiger partial charge on any atom is -0.481 e. The summed E-state index contributed by atoms with van der Waals surface area (Å²) < 4.78 is 0. The van der Waals surface area contributed by atoms with Crippen molar-refractivity contribution in [2.24, 2.45) is 11.5 Å². The Hall–Kier alpha value is -4.22. The first-order chi connectivity index (χ1) is 19.8. The Bertz CT molecular complexity index is 1120. The van der Waals surface area contributed by atoms with E-state index in [1.54, 1.807) is 36.6 Å².